The standard InChI is InChI=1S/C18H23N5O2/c1-12-15(23-8-6-18(4-5-18)7-9-23)10-14(22-21-12)13-11-19-17(25-3)20-16(13)24-2/h10-11H,4-9H2,1-3H3. The van der Waals surface area contributed by atoms with Crippen molar-refractivity contribution in [3.63, 3.8) is 0 Å². The number of aromatic nitrogens is 4. The van der Waals surface area contributed by atoms with E-state index in [1.807, 2.05) is 6.92 Å². The molecule has 25 heavy (non-hydrogen) atoms. The van der Waals surface area contributed by atoms with Crippen LogP contribution in [0.4, 0.5) is 5.69 Å². The number of piperidine rings is 1. The van der Waals surface area contributed by atoms with Gasteiger partial charge in [-0.25, -0.2) is 4.98 Å². The van der Waals surface area contributed by atoms with E-state index in [0.717, 1.165) is 24.5 Å². The second-order valence-electron chi connectivity index (χ2n) is 6.97. The molecule has 2 aromatic heterocycles. The summed E-state index contributed by atoms with van der Waals surface area (Å²) in [5, 5.41) is 8.70. The lowest BCUT2D eigenvalue weighted by Crippen LogP contribution is -2.35. The fourth-order valence-electron chi connectivity index (χ4n) is 3.57. The van der Waals surface area contributed by atoms with Gasteiger partial charge in [0.15, 0.2) is 0 Å². The molecule has 2 aromatic rings. The number of methoxy groups -OCH3 is 2. The van der Waals surface area contributed by atoms with Crippen LogP contribution >= 0.6 is 0 Å². The largest absolute Gasteiger partial charge is 0.480 e. The highest BCUT2D eigenvalue weighted by Gasteiger charge is 2.44. The highest BCUT2D eigenvalue weighted by molar-refractivity contribution is 5.68. The van der Waals surface area contributed by atoms with Gasteiger partial charge in [0.2, 0.25) is 5.88 Å². The van der Waals surface area contributed by atoms with Gasteiger partial charge in [0.25, 0.3) is 0 Å². The topological polar surface area (TPSA) is 73.3 Å². The normalized spacial score (nSPS) is 18.3. The van der Waals surface area contributed by atoms with E-state index in [1.54, 1.807) is 13.3 Å². The Labute approximate surface area is 147 Å². The van der Waals surface area contributed by atoms with Crippen molar-refractivity contribution in [3.05, 3.63) is 18.0 Å². The molecule has 3 heterocycles. The Morgan fingerprint density at radius 3 is 2.44 bits per heavy atom. The molecule has 1 saturated heterocycles. The van der Waals surface area contributed by atoms with Crippen LogP contribution in [0.15, 0.2) is 12.3 Å². The van der Waals surface area contributed by atoms with E-state index in [2.05, 4.69) is 31.1 Å². The Morgan fingerprint density at radius 2 is 1.80 bits per heavy atom. The first-order valence-electron chi connectivity index (χ1n) is 8.69. The summed E-state index contributed by atoms with van der Waals surface area (Å²) in [6, 6.07) is 2.34. The fraction of sp³-hybridized carbons (Fsp3) is 0.556. The van der Waals surface area contributed by atoms with E-state index in [9.17, 15) is 0 Å². The molecule has 4 rings (SSSR count). The average Bonchev–Trinajstić information content (AvgIpc) is 3.41. The van der Waals surface area contributed by atoms with E-state index in [1.165, 1.54) is 32.8 Å². The highest BCUT2D eigenvalue weighted by atomic mass is 16.5. The van der Waals surface area contributed by atoms with E-state index in [-0.39, 0.29) is 6.01 Å². The summed E-state index contributed by atoms with van der Waals surface area (Å²) in [6.07, 6.45) is 7.03. The van der Waals surface area contributed by atoms with E-state index in [4.69, 9.17) is 9.47 Å². The Hall–Kier alpha value is -2.44. The molecule has 0 bridgehead atoms. The third-order valence-corrected chi connectivity index (χ3v) is 5.46. The molecule has 1 saturated carbocycles. The van der Waals surface area contributed by atoms with Crippen LogP contribution in [0.5, 0.6) is 11.9 Å². The molecule has 0 amide bonds. The molecule has 0 unspecified atom stereocenters. The van der Waals surface area contributed by atoms with Crippen molar-refractivity contribution in [2.45, 2.75) is 32.6 Å². The zero-order valence-electron chi connectivity index (χ0n) is 14.9. The van der Waals surface area contributed by atoms with Crippen LogP contribution in [0.2, 0.25) is 0 Å². The lowest BCUT2D eigenvalue weighted by atomic mass is 9.93. The first kappa shape index (κ1) is 16.1. The minimum Gasteiger partial charge on any atom is -0.480 e. The SMILES string of the molecule is COc1ncc(-c2cc(N3CCC4(CC3)CC4)c(C)nn2)c(OC)n1. The van der Waals surface area contributed by atoms with Gasteiger partial charge in [-0.1, -0.05) is 0 Å². The van der Waals surface area contributed by atoms with Crippen molar-refractivity contribution in [1.29, 1.82) is 0 Å². The minimum absolute atomic E-state index is 0.270. The summed E-state index contributed by atoms with van der Waals surface area (Å²) in [4.78, 5) is 10.8. The molecular weight excluding hydrogens is 318 g/mol. The van der Waals surface area contributed by atoms with Crippen molar-refractivity contribution < 1.29 is 9.47 Å². The molecule has 0 N–H and O–H groups in total. The van der Waals surface area contributed by atoms with E-state index >= 15 is 0 Å². The van der Waals surface area contributed by atoms with Crippen LogP contribution in [0.1, 0.15) is 31.4 Å². The van der Waals surface area contributed by atoms with Crippen LogP contribution in [-0.2, 0) is 0 Å². The molecule has 2 aliphatic rings. The first-order valence-corrected chi connectivity index (χ1v) is 8.69. The maximum Gasteiger partial charge on any atom is 0.319 e. The summed E-state index contributed by atoms with van der Waals surface area (Å²) in [5.41, 5.74) is 4.17. The molecule has 7 heteroatoms. The number of nitrogens with zero attached hydrogens (tertiary/aromatic N) is 5. The predicted molar refractivity (Wildman–Crippen MR) is 94.0 cm³/mol. The lowest BCUT2D eigenvalue weighted by Gasteiger charge is -2.34. The minimum atomic E-state index is 0.270. The summed E-state index contributed by atoms with van der Waals surface area (Å²) >= 11 is 0. The molecule has 1 spiro atoms. The third kappa shape index (κ3) is 2.99. The molecule has 2 fully saturated rings. The van der Waals surface area contributed by atoms with Crippen molar-refractivity contribution >= 4 is 5.69 Å². The van der Waals surface area contributed by atoms with Gasteiger partial charge in [0.05, 0.1) is 31.2 Å². The summed E-state index contributed by atoms with van der Waals surface area (Å²) in [6.45, 7) is 4.18. The second-order valence-corrected chi connectivity index (χ2v) is 6.97. The van der Waals surface area contributed by atoms with Gasteiger partial charge < -0.3 is 14.4 Å². The van der Waals surface area contributed by atoms with Gasteiger partial charge in [0, 0.05) is 19.3 Å². The molecule has 7 nitrogen and oxygen atoms in total. The zero-order chi connectivity index (χ0) is 17.4. The summed E-state index contributed by atoms with van der Waals surface area (Å²) in [7, 11) is 3.11. The summed E-state index contributed by atoms with van der Waals surface area (Å²) in [5.74, 6) is 0.437. The third-order valence-electron chi connectivity index (χ3n) is 5.46. The molecule has 0 radical (unpaired) electrons. The average molecular weight is 341 g/mol. The van der Waals surface area contributed by atoms with Gasteiger partial charge in [-0.05, 0) is 44.1 Å². The molecule has 1 aliphatic heterocycles. The van der Waals surface area contributed by atoms with E-state index in [0.29, 0.717) is 22.6 Å². The molecule has 1 aliphatic carbocycles. The monoisotopic (exact) mass is 341 g/mol. The molecular formula is C18H23N5O2. The number of aryl methyl sites for hydroxylation is 1. The van der Waals surface area contributed by atoms with Gasteiger partial charge in [0.1, 0.15) is 5.69 Å². The fourth-order valence-corrected chi connectivity index (χ4v) is 3.57. The quantitative estimate of drug-likeness (QED) is 0.846. The summed E-state index contributed by atoms with van der Waals surface area (Å²) < 4.78 is 10.4. The van der Waals surface area contributed by atoms with Crippen LogP contribution in [0, 0.1) is 12.3 Å². The van der Waals surface area contributed by atoms with Crippen LogP contribution in [0.3, 0.4) is 0 Å². The first-order chi connectivity index (χ1) is 12.1. The number of hydrogen-bond donors (Lipinski definition) is 0. The maximum absolute atomic E-state index is 5.38. The number of hydrogen-bond acceptors (Lipinski definition) is 7. The van der Waals surface area contributed by atoms with Crippen molar-refractivity contribution in [3.8, 4) is 23.1 Å². The Balaban J connectivity index is 1.65. The molecule has 132 valence electrons. The van der Waals surface area contributed by atoms with Crippen LogP contribution in [-0.4, -0.2) is 47.5 Å². The predicted octanol–water partition coefficient (Wildman–Crippen LogP) is 2.64. The molecule has 0 atom stereocenters. The lowest BCUT2D eigenvalue weighted by molar-refractivity contribution is 0.353. The maximum atomic E-state index is 5.38. The smallest absolute Gasteiger partial charge is 0.319 e. The number of rotatable bonds is 4. The van der Waals surface area contributed by atoms with Gasteiger partial charge in [-0.2, -0.15) is 10.1 Å². The Kier molecular flexibility index (Phi) is 3.94. The van der Waals surface area contributed by atoms with Gasteiger partial charge >= 0.3 is 6.01 Å². The van der Waals surface area contributed by atoms with Crippen LogP contribution in [0.25, 0.3) is 11.3 Å². The Morgan fingerprint density at radius 1 is 1.04 bits per heavy atom. The Bertz CT molecular complexity index is 781. The van der Waals surface area contributed by atoms with Crippen molar-refractivity contribution in [2.75, 3.05) is 32.2 Å². The highest BCUT2D eigenvalue weighted by Crippen LogP contribution is 2.54. The molecule has 0 aromatic carbocycles. The van der Waals surface area contributed by atoms with Crippen molar-refractivity contribution in [1.82, 2.24) is 20.2 Å². The second kappa shape index (κ2) is 6.13. The van der Waals surface area contributed by atoms with Gasteiger partial charge in [-0.15, -0.1) is 5.10 Å². The van der Waals surface area contributed by atoms with Gasteiger partial charge in [-0.3, -0.25) is 0 Å². The van der Waals surface area contributed by atoms with Crippen LogP contribution < -0.4 is 14.4 Å². The van der Waals surface area contributed by atoms with E-state index < -0.39 is 0 Å². The van der Waals surface area contributed by atoms with Crippen molar-refractivity contribution in [2.24, 2.45) is 5.41 Å². The zero-order valence-corrected chi connectivity index (χ0v) is 14.9. The number of anilines is 1. The number of ether oxygens (including phenoxy) is 2.